The maximum absolute atomic E-state index is 12.2. The lowest BCUT2D eigenvalue weighted by molar-refractivity contribution is -0.383. The number of carbonyl (C=O) groups is 2. The molecule has 9 nitrogen and oxygen atoms in total. The summed E-state index contributed by atoms with van der Waals surface area (Å²) in [5.74, 6) is -0.947. The van der Waals surface area contributed by atoms with Crippen molar-refractivity contribution in [3.05, 3.63) is 63.7 Å². The number of carbonyl (C=O) groups excluding carboxylic acids is 2. The van der Waals surface area contributed by atoms with Crippen LogP contribution in [0.3, 0.4) is 0 Å². The van der Waals surface area contributed by atoms with E-state index in [0.717, 1.165) is 23.3 Å². The number of nitrogens with zero attached hydrogens (tertiary/aromatic N) is 2. The van der Waals surface area contributed by atoms with Gasteiger partial charge in [-0.2, -0.15) is 0 Å². The van der Waals surface area contributed by atoms with Crippen LogP contribution in [0.4, 0.5) is 11.4 Å². The summed E-state index contributed by atoms with van der Waals surface area (Å²) in [6.07, 6.45) is 0.841. The van der Waals surface area contributed by atoms with Gasteiger partial charge >= 0.3 is 11.8 Å². The van der Waals surface area contributed by atoms with Gasteiger partial charge in [0.15, 0.2) is 0 Å². The summed E-state index contributed by atoms with van der Waals surface area (Å²) >= 11 is 0. The third kappa shape index (κ3) is 4.69. The number of benzene rings is 2. The minimum Gasteiger partial charge on any atom is -0.493 e. The van der Waals surface area contributed by atoms with E-state index >= 15 is 0 Å². The second-order valence-electron chi connectivity index (χ2n) is 6.88. The first kappa shape index (κ1) is 20.3. The van der Waals surface area contributed by atoms with Crippen molar-refractivity contribution in [1.29, 1.82) is 0 Å². The van der Waals surface area contributed by atoms with Crippen molar-refractivity contribution in [2.45, 2.75) is 12.5 Å². The summed E-state index contributed by atoms with van der Waals surface area (Å²) in [5, 5.41) is 15.9. The van der Waals surface area contributed by atoms with Gasteiger partial charge in [0.25, 0.3) is 5.69 Å². The van der Waals surface area contributed by atoms with E-state index in [-0.39, 0.29) is 24.0 Å². The fraction of sp³-hybridized carbons (Fsp3) is 0.300. The van der Waals surface area contributed by atoms with E-state index in [1.807, 2.05) is 37.2 Å². The van der Waals surface area contributed by atoms with Crippen LogP contribution in [0.5, 0.6) is 5.75 Å². The van der Waals surface area contributed by atoms with Gasteiger partial charge < -0.3 is 20.3 Å². The second-order valence-corrected chi connectivity index (χ2v) is 6.88. The molecule has 0 saturated heterocycles. The first-order valence-corrected chi connectivity index (χ1v) is 9.11. The zero-order chi connectivity index (χ0) is 21.0. The maximum Gasteiger partial charge on any atom is 0.313 e. The molecular formula is C20H22N4O5. The van der Waals surface area contributed by atoms with E-state index in [9.17, 15) is 19.7 Å². The molecule has 0 bridgehead atoms. The average molecular weight is 398 g/mol. The number of ether oxygens (including phenoxy) is 1. The number of fused-ring (bicyclic) bond motifs is 1. The summed E-state index contributed by atoms with van der Waals surface area (Å²) < 4.78 is 5.52. The number of nitrogens with one attached hydrogen (secondary N) is 2. The standard InChI is InChI=1S/C20H22N4O5/c1-23(2)17(13-7-8-18-14(11-13)9-10-29-18)12-21-19(25)20(26)22-15-5-3-4-6-16(15)24(27)28/h3-8,11,17H,9-10,12H2,1-2H3,(H,21,25)(H,22,26). The number of anilines is 1. The van der Waals surface area contributed by atoms with Crippen molar-refractivity contribution in [3.8, 4) is 5.75 Å². The number of nitro benzene ring substituents is 1. The lowest BCUT2D eigenvalue weighted by atomic mass is 10.0. The molecule has 0 aromatic heterocycles. The highest BCUT2D eigenvalue weighted by Gasteiger charge is 2.23. The van der Waals surface area contributed by atoms with Crippen LogP contribution in [0.15, 0.2) is 42.5 Å². The van der Waals surface area contributed by atoms with Crippen LogP contribution >= 0.6 is 0 Å². The van der Waals surface area contributed by atoms with E-state index in [4.69, 9.17) is 4.74 Å². The summed E-state index contributed by atoms with van der Waals surface area (Å²) in [6.45, 7) is 0.865. The van der Waals surface area contributed by atoms with E-state index < -0.39 is 16.7 Å². The summed E-state index contributed by atoms with van der Waals surface area (Å²) in [7, 11) is 3.77. The van der Waals surface area contributed by atoms with E-state index in [2.05, 4.69) is 10.6 Å². The Hall–Kier alpha value is -3.46. The Bertz CT molecular complexity index is 944. The lowest BCUT2D eigenvalue weighted by Gasteiger charge is -2.25. The Morgan fingerprint density at radius 3 is 2.69 bits per heavy atom. The van der Waals surface area contributed by atoms with Crippen LogP contribution in [0.2, 0.25) is 0 Å². The molecule has 0 spiro atoms. The molecule has 152 valence electrons. The van der Waals surface area contributed by atoms with Gasteiger partial charge in [-0.25, -0.2) is 0 Å². The van der Waals surface area contributed by atoms with Crippen LogP contribution < -0.4 is 15.4 Å². The molecule has 1 aliphatic rings. The Labute approximate surface area is 167 Å². The highest BCUT2D eigenvalue weighted by Crippen LogP contribution is 2.29. The Morgan fingerprint density at radius 2 is 1.97 bits per heavy atom. The van der Waals surface area contributed by atoms with Gasteiger partial charge in [0.1, 0.15) is 11.4 Å². The lowest BCUT2D eigenvalue weighted by Crippen LogP contribution is -2.40. The molecule has 2 N–H and O–H groups in total. The Morgan fingerprint density at radius 1 is 1.21 bits per heavy atom. The van der Waals surface area contributed by atoms with Crippen LogP contribution in [0, 0.1) is 10.1 Å². The number of para-hydroxylation sites is 2. The quantitative estimate of drug-likeness (QED) is 0.436. The molecule has 1 atom stereocenters. The number of hydrogen-bond acceptors (Lipinski definition) is 6. The third-order valence-corrected chi connectivity index (χ3v) is 4.73. The number of nitro groups is 1. The monoisotopic (exact) mass is 398 g/mol. The Kier molecular flexibility index (Phi) is 6.08. The molecule has 1 heterocycles. The molecule has 2 aromatic carbocycles. The molecule has 0 aliphatic carbocycles. The highest BCUT2D eigenvalue weighted by atomic mass is 16.6. The highest BCUT2D eigenvalue weighted by molar-refractivity contribution is 6.39. The summed E-state index contributed by atoms with van der Waals surface area (Å²) in [4.78, 5) is 36.8. The smallest absolute Gasteiger partial charge is 0.313 e. The van der Waals surface area contributed by atoms with Crippen molar-refractivity contribution >= 4 is 23.2 Å². The van der Waals surface area contributed by atoms with Crippen molar-refractivity contribution in [2.24, 2.45) is 0 Å². The predicted molar refractivity (Wildman–Crippen MR) is 107 cm³/mol. The van der Waals surface area contributed by atoms with Gasteiger partial charge in [0.05, 0.1) is 17.6 Å². The molecule has 3 rings (SSSR count). The predicted octanol–water partition coefficient (Wildman–Crippen LogP) is 1.89. The van der Waals surface area contributed by atoms with Crippen molar-refractivity contribution in [1.82, 2.24) is 10.2 Å². The number of hydrogen-bond donors (Lipinski definition) is 2. The maximum atomic E-state index is 12.2. The van der Waals surface area contributed by atoms with E-state index in [0.29, 0.717) is 6.61 Å². The van der Waals surface area contributed by atoms with E-state index in [1.54, 1.807) is 6.07 Å². The molecule has 0 radical (unpaired) electrons. The normalized spacial score (nSPS) is 13.3. The van der Waals surface area contributed by atoms with Gasteiger partial charge in [-0.05, 0) is 37.4 Å². The van der Waals surface area contributed by atoms with Gasteiger partial charge in [-0.3, -0.25) is 19.7 Å². The minimum absolute atomic E-state index is 0.0274. The van der Waals surface area contributed by atoms with Crippen molar-refractivity contribution in [2.75, 3.05) is 32.6 Å². The minimum atomic E-state index is -0.959. The first-order valence-electron chi connectivity index (χ1n) is 9.11. The molecule has 1 aliphatic heterocycles. The number of likely N-dealkylation sites (N-methyl/N-ethyl adjacent to an activating group) is 1. The second kappa shape index (κ2) is 8.70. The van der Waals surface area contributed by atoms with Gasteiger partial charge in [-0.15, -0.1) is 0 Å². The largest absolute Gasteiger partial charge is 0.493 e. The molecule has 0 fully saturated rings. The van der Waals surface area contributed by atoms with Crippen LogP contribution in [0.1, 0.15) is 17.2 Å². The van der Waals surface area contributed by atoms with Crippen LogP contribution in [-0.4, -0.2) is 48.9 Å². The third-order valence-electron chi connectivity index (χ3n) is 4.73. The summed E-state index contributed by atoms with van der Waals surface area (Å²) in [5.41, 5.74) is 1.81. The SMILES string of the molecule is CN(C)C(CNC(=O)C(=O)Nc1ccccc1[N+](=O)[O-])c1ccc2c(c1)CCO2. The van der Waals surface area contributed by atoms with Crippen molar-refractivity contribution < 1.29 is 19.2 Å². The van der Waals surface area contributed by atoms with Gasteiger partial charge in [0.2, 0.25) is 0 Å². The molecule has 2 amide bonds. The van der Waals surface area contributed by atoms with Crippen LogP contribution in [-0.2, 0) is 16.0 Å². The zero-order valence-corrected chi connectivity index (χ0v) is 16.2. The first-order chi connectivity index (χ1) is 13.9. The van der Waals surface area contributed by atoms with Crippen LogP contribution in [0.25, 0.3) is 0 Å². The zero-order valence-electron chi connectivity index (χ0n) is 16.2. The number of rotatable bonds is 6. The summed E-state index contributed by atoms with van der Waals surface area (Å²) in [6, 6.07) is 11.4. The fourth-order valence-electron chi connectivity index (χ4n) is 3.20. The fourth-order valence-corrected chi connectivity index (χ4v) is 3.20. The molecule has 0 saturated carbocycles. The van der Waals surface area contributed by atoms with Gasteiger partial charge in [0, 0.05) is 19.0 Å². The molecule has 2 aromatic rings. The molecule has 9 heteroatoms. The van der Waals surface area contributed by atoms with Gasteiger partial charge in [-0.1, -0.05) is 24.3 Å². The van der Waals surface area contributed by atoms with E-state index in [1.165, 1.54) is 18.2 Å². The average Bonchev–Trinajstić information content (AvgIpc) is 3.15. The number of amides is 2. The molecular weight excluding hydrogens is 376 g/mol. The topological polar surface area (TPSA) is 114 Å². The van der Waals surface area contributed by atoms with Crippen molar-refractivity contribution in [3.63, 3.8) is 0 Å². The Balaban J connectivity index is 1.65. The molecule has 29 heavy (non-hydrogen) atoms. The molecule has 1 unspecified atom stereocenters.